The lowest BCUT2D eigenvalue weighted by molar-refractivity contribution is -0.145. The maximum absolute atomic E-state index is 12.2. The molecule has 0 heterocycles. The van der Waals surface area contributed by atoms with Gasteiger partial charge in [0, 0.05) is 29.0 Å². The molecule has 0 aliphatic carbocycles. The van der Waals surface area contributed by atoms with E-state index in [9.17, 15) is 4.79 Å². The summed E-state index contributed by atoms with van der Waals surface area (Å²) in [6.07, 6.45) is 0. The Balaban J connectivity index is 2.13. The third-order valence-electron chi connectivity index (χ3n) is 6.15. The van der Waals surface area contributed by atoms with Gasteiger partial charge in [-0.25, -0.2) is 4.79 Å². The number of rotatable bonds is 10. The van der Waals surface area contributed by atoms with Crippen molar-refractivity contribution in [2.24, 2.45) is 0 Å². The van der Waals surface area contributed by atoms with Crippen molar-refractivity contribution < 1.29 is 14.3 Å². The molecule has 3 aromatic rings. The van der Waals surface area contributed by atoms with Crippen molar-refractivity contribution in [3.8, 4) is 28.0 Å². The monoisotopic (exact) mass is 488 g/mol. The molecular weight excluding hydrogens is 448 g/mol. The molecule has 0 atom stereocenters. The first-order chi connectivity index (χ1) is 17.1. The maximum atomic E-state index is 12.2. The van der Waals surface area contributed by atoms with Crippen molar-refractivity contribution in [1.82, 2.24) is 0 Å². The first-order valence-electron chi connectivity index (χ1n) is 12.8. The van der Waals surface area contributed by atoms with E-state index in [1.54, 1.807) is 6.92 Å². The van der Waals surface area contributed by atoms with E-state index in [1.165, 1.54) is 5.56 Å². The summed E-state index contributed by atoms with van der Waals surface area (Å²) in [4.78, 5) is 12.2. The van der Waals surface area contributed by atoms with Crippen molar-refractivity contribution in [3.63, 3.8) is 0 Å². The Bertz CT molecular complexity index is 1180. The first-order valence-corrected chi connectivity index (χ1v) is 12.8. The highest BCUT2D eigenvalue weighted by molar-refractivity contribution is 5.86. The zero-order chi connectivity index (χ0) is 26.4. The fraction of sp³-hybridized carbons (Fsp3) is 0.387. The smallest absolute Gasteiger partial charge is 0.344 e. The molecule has 2 N–H and O–H groups in total. The van der Waals surface area contributed by atoms with Gasteiger partial charge in [0.1, 0.15) is 5.75 Å². The van der Waals surface area contributed by atoms with Gasteiger partial charge in [0.05, 0.1) is 6.61 Å². The molecule has 0 saturated carbocycles. The predicted octanol–water partition coefficient (Wildman–Crippen LogP) is 7.53. The average Bonchev–Trinajstić information content (AvgIpc) is 2.82. The van der Waals surface area contributed by atoms with Gasteiger partial charge in [-0.2, -0.15) is 0 Å². The molecule has 192 valence electrons. The quantitative estimate of drug-likeness (QED) is 0.289. The van der Waals surface area contributed by atoms with Crippen molar-refractivity contribution in [3.05, 3.63) is 65.2 Å². The van der Waals surface area contributed by atoms with E-state index in [0.717, 1.165) is 50.5 Å². The van der Waals surface area contributed by atoms with Crippen LogP contribution in [0.5, 0.6) is 5.75 Å². The fourth-order valence-corrected chi connectivity index (χ4v) is 4.56. The number of esters is 1. The SMILES string of the molecule is CCOC(=O)COc1c(C)c(-c2ccc(NC(C)C)cc2)c(C)c(C)c1-c1ccc(NC(C)C)cc1. The number of anilines is 2. The number of benzene rings is 3. The summed E-state index contributed by atoms with van der Waals surface area (Å²) in [5, 5.41) is 6.88. The Morgan fingerprint density at radius 1 is 0.722 bits per heavy atom. The lowest BCUT2D eigenvalue weighted by Crippen LogP contribution is -2.16. The van der Waals surface area contributed by atoms with Crippen molar-refractivity contribution in [2.45, 2.75) is 67.5 Å². The summed E-state index contributed by atoms with van der Waals surface area (Å²) in [7, 11) is 0. The minimum absolute atomic E-state index is 0.131. The normalized spacial score (nSPS) is 11.1. The van der Waals surface area contributed by atoms with Crippen LogP contribution in [0.4, 0.5) is 11.4 Å². The van der Waals surface area contributed by atoms with Crippen molar-refractivity contribution in [1.29, 1.82) is 0 Å². The van der Waals surface area contributed by atoms with Gasteiger partial charge in [0.15, 0.2) is 6.61 Å². The summed E-state index contributed by atoms with van der Waals surface area (Å²) in [5.41, 5.74) is 9.79. The van der Waals surface area contributed by atoms with E-state index in [4.69, 9.17) is 9.47 Å². The molecule has 0 aromatic heterocycles. The Labute approximate surface area is 216 Å². The molecule has 0 bridgehead atoms. The standard InChI is InChI=1S/C31H40N2O3/c1-9-35-28(34)18-36-31-23(8)29(24-10-14-26(15-11-24)32-19(2)3)21(6)22(7)30(31)25-12-16-27(17-13-25)33-20(4)5/h10-17,19-20,32-33H,9,18H2,1-8H3. The Hall–Kier alpha value is -3.47. The Morgan fingerprint density at radius 3 is 1.61 bits per heavy atom. The van der Waals surface area contributed by atoms with E-state index in [-0.39, 0.29) is 12.6 Å². The topological polar surface area (TPSA) is 59.6 Å². The van der Waals surface area contributed by atoms with Crippen LogP contribution >= 0.6 is 0 Å². The molecule has 5 nitrogen and oxygen atoms in total. The third-order valence-corrected chi connectivity index (χ3v) is 6.15. The Morgan fingerprint density at radius 2 is 1.17 bits per heavy atom. The molecule has 36 heavy (non-hydrogen) atoms. The minimum Gasteiger partial charge on any atom is -0.481 e. The number of carbonyl (C=O) groups excluding carboxylic acids is 1. The number of ether oxygens (including phenoxy) is 2. The van der Waals surface area contributed by atoms with E-state index < -0.39 is 0 Å². The van der Waals surface area contributed by atoms with Crippen LogP contribution in [0, 0.1) is 20.8 Å². The molecule has 0 radical (unpaired) electrons. The number of carbonyl (C=O) groups is 1. The molecular formula is C31H40N2O3. The summed E-state index contributed by atoms with van der Waals surface area (Å²) in [6.45, 7) is 16.8. The summed E-state index contributed by atoms with van der Waals surface area (Å²) in [6, 6.07) is 17.6. The molecule has 5 heteroatoms. The second-order valence-corrected chi connectivity index (χ2v) is 9.80. The first kappa shape index (κ1) is 27.1. The van der Waals surface area contributed by atoms with E-state index in [1.807, 2.05) is 0 Å². The molecule has 3 aromatic carbocycles. The van der Waals surface area contributed by atoms with Crippen LogP contribution in [0.3, 0.4) is 0 Å². The van der Waals surface area contributed by atoms with Gasteiger partial charge in [0.25, 0.3) is 0 Å². The lowest BCUT2D eigenvalue weighted by atomic mass is 9.86. The van der Waals surface area contributed by atoms with Crippen molar-refractivity contribution >= 4 is 17.3 Å². The zero-order valence-electron chi connectivity index (χ0n) is 22.9. The highest BCUT2D eigenvalue weighted by Gasteiger charge is 2.22. The highest BCUT2D eigenvalue weighted by atomic mass is 16.6. The Kier molecular flexibility index (Phi) is 9.03. The van der Waals surface area contributed by atoms with Gasteiger partial charge in [-0.05, 0) is 113 Å². The van der Waals surface area contributed by atoms with Crippen LogP contribution in [0.1, 0.15) is 51.3 Å². The van der Waals surface area contributed by atoms with Crippen LogP contribution < -0.4 is 15.4 Å². The molecule has 0 fully saturated rings. The van der Waals surface area contributed by atoms with Gasteiger partial charge >= 0.3 is 5.97 Å². The van der Waals surface area contributed by atoms with Gasteiger partial charge in [0.2, 0.25) is 0 Å². The number of nitrogens with one attached hydrogen (secondary N) is 2. The largest absolute Gasteiger partial charge is 0.481 e. The van der Waals surface area contributed by atoms with Crippen LogP contribution in [0.15, 0.2) is 48.5 Å². The molecule has 0 aliphatic rings. The fourth-order valence-electron chi connectivity index (χ4n) is 4.56. The van der Waals surface area contributed by atoms with Crippen LogP contribution in [-0.2, 0) is 9.53 Å². The number of hydrogen-bond donors (Lipinski definition) is 2. The van der Waals surface area contributed by atoms with E-state index in [2.05, 4.69) is 108 Å². The van der Waals surface area contributed by atoms with Crippen LogP contribution in [0.2, 0.25) is 0 Å². The molecule has 0 spiro atoms. The summed E-state index contributed by atoms with van der Waals surface area (Å²) in [5.74, 6) is 0.346. The van der Waals surface area contributed by atoms with E-state index in [0.29, 0.717) is 18.7 Å². The second-order valence-electron chi connectivity index (χ2n) is 9.80. The molecule has 0 unspecified atom stereocenters. The van der Waals surface area contributed by atoms with Gasteiger partial charge in [-0.1, -0.05) is 24.3 Å². The van der Waals surface area contributed by atoms with Gasteiger partial charge < -0.3 is 20.1 Å². The molecule has 3 rings (SSSR count). The van der Waals surface area contributed by atoms with Crippen LogP contribution in [-0.4, -0.2) is 31.3 Å². The maximum Gasteiger partial charge on any atom is 0.344 e. The van der Waals surface area contributed by atoms with Gasteiger partial charge in [-0.3, -0.25) is 0 Å². The number of hydrogen-bond acceptors (Lipinski definition) is 5. The molecule has 0 amide bonds. The van der Waals surface area contributed by atoms with E-state index >= 15 is 0 Å². The zero-order valence-corrected chi connectivity index (χ0v) is 22.9. The molecule has 0 saturated heterocycles. The summed E-state index contributed by atoms with van der Waals surface area (Å²) >= 11 is 0. The van der Waals surface area contributed by atoms with Crippen LogP contribution in [0.25, 0.3) is 22.3 Å². The minimum atomic E-state index is -0.372. The molecule has 0 aliphatic heterocycles. The van der Waals surface area contributed by atoms with Crippen molar-refractivity contribution in [2.75, 3.05) is 23.8 Å². The second kappa shape index (κ2) is 12.0. The van der Waals surface area contributed by atoms with Gasteiger partial charge in [-0.15, -0.1) is 0 Å². The predicted molar refractivity (Wildman–Crippen MR) is 151 cm³/mol. The lowest BCUT2D eigenvalue weighted by Gasteiger charge is -2.23. The highest BCUT2D eigenvalue weighted by Crippen LogP contribution is 2.44. The summed E-state index contributed by atoms with van der Waals surface area (Å²) < 4.78 is 11.3. The third kappa shape index (κ3) is 6.39. The average molecular weight is 489 g/mol.